The van der Waals surface area contributed by atoms with Gasteiger partial charge < -0.3 is 9.88 Å². The Bertz CT molecular complexity index is 866. The number of aryl methyl sites for hydroxylation is 1. The van der Waals surface area contributed by atoms with Gasteiger partial charge in [0.1, 0.15) is 0 Å². The predicted octanol–water partition coefficient (Wildman–Crippen LogP) is 2.84. The van der Waals surface area contributed by atoms with Crippen LogP contribution in [0.3, 0.4) is 0 Å². The summed E-state index contributed by atoms with van der Waals surface area (Å²) in [4.78, 5) is 24.6. The molecule has 2 aromatic heterocycles. The Morgan fingerprint density at radius 2 is 1.85 bits per heavy atom. The summed E-state index contributed by atoms with van der Waals surface area (Å²) in [6.45, 7) is 4.29. The van der Waals surface area contributed by atoms with Gasteiger partial charge in [-0.05, 0) is 30.2 Å². The number of piperazine rings is 1. The third-order valence-corrected chi connectivity index (χ3v) is 5.12. The highest BCUT2D eigenvalue weighted by molar-refractivity contribution is 5.84. The summed E-state index contributed by atoms with van der Waals surface area (Å²) in [5, 5.41) is 1.22. The first-order chi connectivity index (χ1) is 12.8. The molecular weight excluding hydrogens is 324 g/mol. The SMILES string of the molecule is O=C(CCc1c[nH]c2ccccc12)N1CCN(Cc2ccccn2)CC1. The van der Waals surface area contributed by atoms with E-state index in [1.54, 1.807) is 0 Å². The van der Waals surface area contributed by atoms with Crippen LogP contribution < -0.4 is 0 Å². The Kier molecular flexibility index (Phi) is 4.97. The number of para-hydroxylation sites is 1. The van der Waals surface area contributed by atoms with Crippen molar-refractivity contribution in [1.82, 2.24) is 19.8 Å². The number of nitrogens with one attached hydrogen (secondary N) is 1. The van der Waals surface area contributed by atoms with Crippen molar-refractivity contribution in [2.75, 3.05) is 26.2 Å². The Morgan fingerprint density at radius 1 is 1.04 bits per heavy atom. The standard InChI is InChI=1S/C21H24N4O/c26-21(9-8-17-15-23-20-7-2-1-6-19(17)20)25-13-11-24(12-14-25)16-18-5-3-4-10-22-18/h1-7,10,15,23H,8-9,11-14,16H2. The van der Waals surface area contributed by atoms with Crippen LogP contribution in [0.1, 0.15) is 17.7 Å². The molecule has 0 atom stereocenters. The molecule has 0 saturated carbocycles. The first-order valence-electron chi connectivity index (χ1n) is 9.24. The van der Waals surface area contributed by atoms with Crippen molar-refractivity contribution in [2.45, 2.75) is 19.4 Å². The summed E-state index contributed by atoms with van der Waals surface area (Å²) in [5.74, 6) is 0.257. The number of nitrogens with zero attached hydrogens (tertiary/aromatic N) is 3. The number of carbonyl (C=O) groups is 1. The number of rotatable bonds is 5. The van der Waals surface area contributed by atoms with Gasteiger partial charge in [-0.15, -0.1) is 0 Å². The topological polar surface area (TPSA) is 52.2 Å². The van der Waals surface area contributed by atoms with Crippen LogP contribution >= 0.6 is 0 Å². The lowest BCUT2D eigenvalue weighted by Crippen LogP contribution is -2.48. The molecule has 1 aliphatic heterocycles. The molecule has 0 aliphatic carbocycles. The lowest BCUT2D eigenvalue weighted by molar-refractivity contribution is -0.133. The molecule has 1 fully saturated rings. The Hall–Kier alpha value is -2.66. The van der Waals surface area contributed by atoms with Gasteiger partial charge in [-0.2, -0.15) is 0 Å². The maximum Gasteiger partial charge on any atom is 0.222 e. The first kappa shape index (κ1) is 16.8. The van der Waals surface area contributed by atoms with Crippen molar-refractivity contribution in [3.8, 4) is 0 Å². The van der Waals surface area contributed by atoms with Crippen LogP contribution in [0.4, 0.5) is 0 Å². The number of H-pyrrole nitrogens is 1. The molecule has 5 heteroatoms. The third kappa shape index (κ3) is 3.78. The van der Waals surface area contributed by atoms with Crippen molar-refractivity contribution in [1.29, 1.82) is 0 Å². The third-order valence-electron chi connectivity index (χ3n) is 5.12. The monoisotopic (exact) mass is 348 g/mol. The van der Waals surface area contributed by atoms with Crippen LogP contribution in [-0.2, 0) is 17.8 Å². The quantitative estimate of drug-likeness (QED) is 0.771. The predicted molar refractivity (Wildman–Crippen MR) is 103 cm³/mol. The maximum absolute atomic E-state index is 12.6. The number of fused-ring (bicyclic) bond motifs is 1. The van der Waals surface area contributed by atoms with E-state index in [9.17, 15) is 4.79 Å². The van der Waals surface area contributed by atoms with E-state index in [4.69, 9.17) is 0 Å². The van der Waals surface area contributed by atoms with E-state index in [1.165, 1.54) is 10.9 Å². The number of aromatic nitrogens is 2. The average Bonchev–Trinajstić information content (AvgIpc) is 3.11. The number of hydrogen-bond acceptors (Lipinski definition) is 3. The van der Waals surface area contributed by atoms with E-state index in [-0.39, 0.29) is 5.91 Å². The van der Waals surface area contributed by atoms with E-state index >= 15 is 0 Å². The minimum Gasteiger partial charge on any atom is -0.361 e. The van der Waals surface area contributed by atoms with Gasteiger partial charge in [-0.3, -0.25) is 14.7 Å². The van der Waals surface area contributed by atoms with Crippen molar-refractivity contribution < 1.29 is 4.79 Å². The number of amides is 1. The number of hydrogen-bond donors (Lipinski definition) is 1. The first-order valence-corrected chi connectivity index (χ1v) is 9.24. The van der Waals surface area contributed by atoms with E-state index in [0.29, 0.717) is 6.42 Å². The molecule has 3 heterocycles. The molecular formula is C21H24N4O. The molecule has 0 spiro atoms. The molecule has 1 aromatic carbocycles. The fourth-order valence-corrected chi connectivity index (χ4v) is 3.61. The van der Waals surface area contributed by atoms with E-state index in [2.05, 4.69) is 33.1 Å². The molecule has 1 N–H and O–H groups in total. The fraction of sp³-hybridized carbons (Fsp3) is 0.333. The zero-order valence-corrected chi connectivity index (χ0v) is 14.9. The smallest absolute Gasteiger partial charge is 0.222 e. The summed E-state index contributed by atoms with van der Waals surface area (Å²) in [6, 6.07) is 14.3. The van der Waals surface area contributed by atoms with Gasteiger partial charge in [-0.1, -0.05) is 24.3 Å². The molecule has 4 rings (SSSR count). The van der Waals surface area contributed by atoms with Crippen LogP contribution in [0.2, 0.25) is 0 Å². The zero-order chi connectivity index (χ0) is 17.8. The highest BCUT2D eigenvalue weighted by atomic mass is 16.2. The molecule has 134 valence electrons. The molecule has 0 unspecified atom stereocenters. The number of benzene rings is 1. The fourth-order valence-electron chi connectivity index (χ4n) is 3.61. The van der Waals surface area contributed by atoms with Crippen molar-refractivity contribution in [3.05, 3.63) is 66.1 Å². The van der Waals surface area contributed by atoms with Crippen LogP contribution in [0.15, 0.2) is 54.9 Å². The highest BCUT2D eigenvalue weighted by Crippen LogP contribution is 2.19. The van der Waals surface area contributed by atoms with Gasteiger partial charge in [0.2, 0.25) is 5.91 Å². The van der Waals surface area contributed by atoms with Crippen molar-refractivity contribution >= 4 is 16.8 Å². The summed E-state index contributed by atoms with van der Waals surface area (Å²) in [7, 11) is 0. The van der Waals surface area contributed by atoms with Gasteiger partial charge in [0.15, 0.2) is 0 Å². The summed E-state index contributed by atoms with van der Waals surface area (Å²) >= 11 is 0. The second kappa shape index (κ2) is 7.70. The van der Waals surface area contributed by atoms with E-state index < -0.39 is 0 Å². The van der Waals surface area contributed by atoms with Crippen LogP contribution in [0, 0.1) is 0 Å². The second-order valence-corrected chi connectivity index (χ2v) is 6.84. The molecule has 5 nitrogen and oxygen atoms in total. The van der Waals surface area contributed by atoms with Crippen molar-refractivity contribution in [3.63, 3.8) is 0 Å². The normalized spacial score (nSPS) is 15.5. The highest BCUT2D eigenvalue weighted by Gasteiger charge is 2.21. The lowest BCUT2D eigenvalue weighted by atomic mass is 10.1. The molecule has 26 heavy (non-hydrogen) atoms. The maximum atomic E-state index is 12.6. The molecule has 3 aromatic rings. The van der Waals surface area contributed by atoms with E-state index in [1.807, 2.05) is 41.6 Å². The molecule has 0 radical (unpaired) electrons. The van der Waals surface area contributed by atoms with Gasteiger partial charge in [-0.25, -0.2) is 0 Å². The Balaban J connectivity index is 1.27. The number of aromatic amines is 1. The molecule has 1 amide bonds. The summed E-state index contributed by atoms with van der Waals surface area (Å²) in [6.07, 6.45) is 5.22. The zero-order valence-electron chi connectivity index (χ0n) is 14.9. The number of carbonyl (C=O) groups excluding carboxylic acids is 1. The minimum atomic E-state index is 0.257. The van der Waals surface area contributed by atoms with Gasteiger partial charge >= 0.3 is 0 Å². The average molecular weight is 348 g/mol. The van der Waals surface area contributed by atoms with Crippen LogP contribution in [0.5, 0.6) is 0 Å². The molecule has 1 aliphatic rings. The van der Waals surface area contributed by atoms with Gasteiger partial charge in [0, 0.05) is 62.4 Å². The Morgan fingerprint density at radius 3 is 2.65 bits per heavy atom. The van der Waals surface area contributed by atoms with Gasteiger partial charge in [0.05, 0.1) is 5.69 Å². The van der Waals surface area contributed by atoms with Crippen LogP contribution in [0.25, 0.3) is 10.9 Å². The van der Waals surface area contributed by atoms with Crippen molar-refractivity contribution in [2.24, 2.45) is 0 Å². The summed E-state index contributed by atoms with van der Waals surface area (Å²) in [5.41, 5.74) is 3.45. The summed E-state index contributed by atoms with van der Waals surface area (Å²) < 4.78 is 0. The molecule has 0 bridgehead atoms. The van der Waals surface area contributed by atoms with Crippen LogP contribution in [-0.4, -0.2) is 51.9 Å². The minimum absolute atomic E-state index is 0.257. The largest absolute Gasteiger partial charge is 0.361 e. The lowest BCUT2D eigenvalue weighted by Gasteiger charge is -2.34. The van der Waals surface area contributed by atoms with Gasteiger partial charge in [0.25, 0.3) is 0 Å². The second-order valence-electron chi connectivity index (χ2n) is 6.84. The Labute approximate surface area is 153 Å². The molecule has 1 saturated heterocycles. The van der Waals surface area contributed by atoms with E-state index in [0.717, 1.165) is 50.4 Å². The number of pyridine rings is 1.